The first-order valence-electron chi connectivity index (χ1n) is 6.87. The van der Waals surface area contributed by atoms with E-state index in [0.717, 1.165) is 19.4 Å². The molecular weight excluding hydrogens is 212 g/mol. The van der Waals surface area contributed by atoms with Crippen LogP contribution in [-0.4, -0.2) is 35.0 Å². The van der Waals surface area contributed by atoms with E-state index in [0.29, 0.717) is 24.4 Å². The summed E-state index contributed by atoms with van der Waals surface area (Å²) in [5.74, 6) is 0.307. The van der Waals surface area contributed by atoms with Crippen molar-refractivity contribution in [2.24, 2.45) is 0 Å². The number of rotatable bonds is 3. The van der Waals surface area contributed by atoms with Crippen molar-refractivity contribution in [2.75, 3.05) is 6.54 Å². The highest BCUT2D eigenvalue weighted by atomic mass is 16.2. The van der Waals surface area contributed by atoms with Crippen molar-refractivity contribution in [3.63, 3.8) is 0 Å². The molecule has 0 aliphatic carbocycles. The van der Waals surface area contributed by atoms with Crippen LogP contribution in [0.5, 0.6) is 0 Å². The molecular formula is C14H28N2O. The first-order valence-corrected chi connectivity index (χ1v) is 6.87. The van der Waals surface area contributed by atoms with E-state index < -0.39 is 0 Å². The highest BCUT2D eigenvalue weighted by Crippen LogP contribution is 2.23. The quantitative estimate of drug-likeness (QED) is 0.822. The van der Waals surface area contributed by atoms with Crippen molar-refractivity contribution < 1.29 is 4.79 Å². The van der Waals surface area contributed by atoms with Crippen molar-refractivity contribution >= 4 is 5.91 Å². The van der Waals surface area contributed by atoms with Crippen LogP contribution in [-0.2, 0) is 4.79 Å². The summed E-state index contributed by atoms with van der Waals surface area (Å²) in [6.07, 6.45) is 4.18. The van der Waals surface area contributed by atoms with E-state index in [1.807, 2.05) is 0 Å². The Morgan fingerprint density at radius 1 is 1.24 bits per heavy atom. The fourth-order valence-electron chi connectivity index (χ4n) is 2.59. The van der Waals surface area contributed by atoms with Crippen molar-refractivity contribution in [2.45, 2.75) is 77.9 Å². The number of likely N-dealkylation sites (tertiary alicyclic amines) is 1. The molecule has 100 valence electrons. The predicted molar refractivity (Wildman–Crippen MR) is 72.0 cm³/mol. The maximum absolute atomic E-state index is 12.2. The second-order valence-corrected chi connectivity index (χ2v) is 6.36. The number of carbonyl (C=O) groups is 1. The second-order valence-electron chi connectivity index (χ2n) is 6.36. The zero-order valence-electron chi connectivity index (χ0n) is 12.0. The Morgan fingerprint density at radius 3 is 2.24 bits per heavy atom. The first kappa shape index (κ1) is 14.5. The third-order valence-corrected chi connectivity index (χ3v) is 3.48. The smallest absolute Gasteiger partial charge is 0.224 e. The van der Waals surface area contributed by atoms with Gasteiger partial charge in [0.25, 0.3) is 0 Å². The van der Waals surface area contributed by atoms with Crippen LogP contribution >= 0.6 is 0 Å². The summed E-state index contributed by atoms with van der Waals surface area (Å²) in [6.45, 7) is 11.5. The lowest BCUT2D eigenvalue weighted by Gasteiger charge is -2.39. The van der Waals surface area contributed by atoms with Crippen LogP contribution in [0, 0.1) is 0 Å². The van der Waals surface area contributed by atoms with Gasteiger partial charge in [-0.3, -0.25) is 4.79 Å². The maximum Gasteiger partial charge on any atom is 0.224 e. The van der Waals surface area contributed by atoms with Gasteiger partial charge in [-0.05, 0) is 53.9 Å². The Bertz CT molecular complexity index is 247. The first-order chi connectivity index (χ1) is 7.81. The monoisotopic (exact) mass is 240 g/mol. The molecule has 0 aromatic rings. The van der Waals surface area contributed by atoms with Crippen LogP contribution < -0.4 is 5.32 Å². The molecule has 17 heavy (non-hydrogen) atoms. The number of hydrogen-bond acceptors (Lipinski definition) is 2. The lowest BCUT2D eigenvalue weighted by Crippen LogP contribution is -2.48. The largest absolute Gasteiger partial charge is 0.337 e. The van der Waals surface area contributed by atoms with Gasteiger partial charge in [0.15, 0.2) is 0 Å². The van der Waals surface area contributed by atoms with Crippen molar-refractivity contribution in [3.05, 3.63) is 0 Å². The van der Waals surface area contributed by atoms with E-state index in [1.165, 1.54) is 6.42 Å². The molecule has 1 aliphatic heterocycles. The van der Waals surface area contributed by atoms with Gasteiger partial charge in [-0.15, -0.1) is 0 Å². The van der Waals surface area contributed by atoms with Gasteiger partial charge in [0, 0.05) is 30.6 Å². The number of nitrogens with one attached hydrogen (secondary N) is 1. The number of piperidine rings is 1. The average molecular weight is 240 g/mol. The summed E-state index contributed by atoms with van der Waals surface area (Å²) in [5, 5.41) is 3.37. The Hall–Kier alpha value is -0.570. The van der Waals surface area contributed by atoms with Gasteiger partial charge in [-0.1, -0.05) is 0 Å². The summed E-state index contributed by atoms with van der Waals surface area (Å²) in [5.41, 5.74) is 0.0966. The van der Waals surface area contributed by atoms with Crippen molar-refractivity contribution in [1.82, 2.24) is 10.2 Å². The molecule has 1 aliphatic rings. The molecule has 1 saturated heterocycles. The van der Waals surface area contributed by atoms with Crippen molar-refractivity contribution in [1.29, 1.82) is 0 Å². The van der Waals surface area contributed by atoms with Gasteiger partial charge < -0.3 is 10.2 Å². The van der Waals surface area contributed by atoms with Crippen molar-refractivity contribution in [3.8, 4) is 0 Å². The summed E-state index contributed by atoms with van der Waals surface area (Å²) < 4.78 is 0. The normalized spacial score (nSPS) is 26.1. The number of nitrogens with zero attached hydrogens (tertiary/aromatic N) is 1. The van der Waals surface area contributed by atoms with Gasteiger partial charge in [0.2, 0.25) is 5.91 Å². The Morgan fingerprint density at radius 2 is 1.76 bits per heavy atom. The number of amides is 1. The predicted octanol–water partition coefficient (Wildman–Crippen LogP) is 2.55. The molecule has 2 atom stereocenters. The Kier molecular flexibility index (Phi) is 4.99. The average Bonchev–Trinajstić information content (AvgIpc) is 2.15. The third kappa shape index (κ3) is 4.66. The van der Waals surface area contributed by atoms with Gasteiger partial charge in [-0.25, -0.2) is 0 Å². The van der Waals surface area contributed by atoms with E-state index in [1.54, 1.807) is 0 Å². The zero-order chi connectivity index (χ0) is 13.1. The van der Waals surface area contributed by atoms with Crippen LogP contribution in [0.25, 0.3) is 0 Å². The molecule has 1 rings (SSSR count). The molecule has 0 aromatic carbocycles. The highest BCUT2D eigenvalue weighted by Gasteiger charge is 2.28. The summed E-state index contributed by atoms with van der Waals surface area (Å²) in [4.78, 5) is 14.3. The van der Waals surface area contributed by atoms with Crippen LogP contribution in [0.15, 0.2) is 0 Å². The number of carbonyl (C=O) groups excluding carboxylic acids is 1. The van der Waals surface area contributed by atoms with Gasteiger partial charge >= 0.3 is 0 Å². The van der Waals surface area contributed by atoms with Crippen LogP contribution in [0.3, 0.4) is 0 Å². The molecule has 0 bridgehead atoms. The van der Waals surface area contributed by atoms with E-state index in [2.05, 4.69) is 44.8 Å². The Balaban J connectivity index is 2.40. The fourth-order valence-corrected chi connectivity index (χ4v) is 2.59. The lowest BCUT2D eigenvalue weighted by atomic mass is 9.97. The van der Waals surface area contributed by atoms with Crippen LogP contribution in [0.1, 0.15) is 60.3 Å². The van der Waals surface area contributed by atoms with Crippen LogP contribution in [0.4, 0.5) is 0 Å². The molecule has 0 spiro atoms. The standard InChI is InChI=1S/C14H28N2O/c1-11-7-6-8-12(2)16(11)13(17)9-10-15-14(3,4)5/h11-12,15H,6-10H2,1-5H3. The molecule has 2 unspecified atom stereocenters. The molecule has 0 radical (unpaired) electrons. The topological polar surface area (TPSA) is 32.3 Å². The Labute approximate surface area is 106 Å². The lowest BCUT2D eigenvalue weighted by molar-refractivity contribution is -0.137. The minimum absolute atomic E-state index is 0.0966. The van der Waals surface area contributed by atoms with Crippen LogP contribution in [0.2, 0.25) is 0 Å². The summed E-state index contributed by atoms with van der Waals surface area (Å²) in [7, 11) is 0. The molecule has 3 nitrogen and oxygen atoms in total. The molecule has 1 heterocycles. The minimum atomic E-state index is 0.0966. The second kappa shape index (κ2) is 5.85. The molecule has 3 heteroatoms. The van der Waals surface area contributed by atoms with Gasteiger partial charge in [-0.2, -0.15) is 0 Å². The summed E-state index contributed by atoms with van der Waals surface area (Å²) in [6, 6.07) is 0.835. The van der Waals surface area contributed by atoms with E-state index in [-0.39, 0.29) is 5.54 Å². The van der Waals surface area contributed by atoms with E-state index >= 15 is 0 Å². The van der Waals surface area contributed by atoms with Gasteiger partial charge in [0.05, 0.1) is 0 Å². The molecule has 0 aromatic heterocycles. The fraction of sp³-hybridized carbons (Fsp3) is 0.929. The number of hydrogen-bond donors (Lipinski definition) is 1. The molecule has 1 fully saturated rings. The molecule has 1 amide bonds. The highest BCUT2D eigenvalue weighted by molar-refractivity contribution is 5.77. The third-order valence-electron chi connectivity index (χ3n) is 3.48. The maximum atomic E-state index is 12.2. The van der Waals surface area contributed by atoms with E-state index in [4.69, 9.17) is 0 Å². The molecule has 1 N–H and O–H groups in total. The van der Waals surface area contributed by atoms with E-state index in [9.17, 15) is 4.79 Å². The SMILES string of the molecule is CC1CCCC(C)N1C(=O)CCNC(C)(C)C. The van der Waals surface area contributed by atoms with Gasteiger partial charge in [0.1, 0.15) is 0 Å². The zero-order valence-corrected chi connectivity index (χ0v) is 12.0. The minimum Gasteiger partial charge on any atom is -0.337 e. The molecule has 0 saturated carbocycles. The summed E-state index contributed by atoms with van der Waals surface area (Å²) >= 11 is 0.